The van der Waals surface area contributed by atoms with Crippen LogP contribution in [0.2, 0.25) is 0 Å². The molecule has 0 saturated heterocycles. The van der Waals surface area contributed by atoms with Gasteiger partial charge in [0.25, 0.3) is 0 Å². The van der Waals surface area contributed by atoms with Gasteiger partial charge in [-0.2, -0.15) is 0 Å². The van der Waals surface area contributed by atoms with Crippen LogP contribution in [0, 0.1) is 0 Å². The monoisotopic (exact) mass is 297 g/mol. The predicted molar refractivity (Wildman–Crippen MR) is 85.2 cm³/mol. The number of rotatable bonds is 2. The molecule has 0 unspecified atom stereocenters. The zero-order chi connectivity index (χ0) is 15.9. The minimum atomic E-state index is -0.253. The number of hydrogen-bond donors (Lipinski definition) is 2. The fourth-order valence-electron chi connectivity index (χ4n) is 2.46. The fraction of sp³-hybridized carbons (Fsp3) is 0.294. The maximum atomic E-state index is 10.6. The Bertz CT molecular complexity index is 799. The summed E-state index contributed by atoms with van der Waals surface area (Å²) >= 11 is 0. The summed E-state index contributed by atoms with van der Waals surface area (Å²) in [4.78, 5) is 1.42. The van der Waals surface area contributed by atoms with E-state index in [9.17, 15) is 10.2 Å². The molecule has 0 aliphatic carbocycles. The molecule has 0 atom stereocenters. The molecule has 1 heterocycles. The van der Waals surface area contributed by atoms with Crippen molar-refractivity contribution < 1.29 is 10.2 Å². The van der Waals surface area contributed by atoms with E-state index in [0.29, 0.717) is 5.69 Å². The number of aromatic nitrogens is 3. The van der Waals surface area contributed by atoms with Gasteiger partial charge in [0.05, 0.1) is 6.61 Å². The Labute approximate surface area is 128 Å². The number of nitrogens with zero attached hydrogens (tertiary/aromatic N) is 3. The first-order chi connectivity index (χ1) is 10.4. The second kappa shape index (κ2) is 5.10. The third-order valence-electron chi connectivity index (χ3n) is 3.64. The molecule has 22 heavy (non-hydrogen) atoms. The highest BCUT2D eigenvalue weighted by atomic mass is 16.3. The molecule has 0 radical (unpaired) electrons. The van der Waals surface area contributed by atoms with Crippen LogP contribution < -0.4 is 0 Å². The summed E-state index contributed by atoms with van der Waals surface area (Å²) in [5, 5.41) is 29.0. The summed E-state index contributed by atoms with van der Waals surface area (Å²) in [6.07, 6.45) is 0. The van der Waals surface area contributed by atoms with Crippen LogP contribution in [-0.4, -0.2) is 25.2 Å². The minimum absolute atomic E-state index is 0.100. The van der Waals surface area contributed by atoms with Crippen molar-refractivity contribution in [1.82, 2.24) is 15.0 Å². The third kappa shape index (κ3) is 2.44. The first-order valence-electron chi connectivity index (χ1n) is 7.20. The van der Waals surface area contributed by atoms with Crippen molar-refractivity contribution in [2.45, 2.75) is 32.8 Å². The van der Waals surface area contributed by atoms with Gasteiger partial charge in [-0.25, -0.2) is 0 Å². The molecule has 0 aliphatic rings. The van der Waals surface area contributed by atoms with Crippen LogP contribution >= 0.6 is 0 Å². The first kappa shape index (κ1) is 14.5. The van der Waals surface area contributed by atoms with Crippen molar-refractivity contribution in [2.24, 2.45) is 0 Å². The average molecular weight is 297 g/mol. The van der Waals surface area contributed by atoms with Gasteiger partial charge in [-0.15, -0.1) is 15.0 Å². The number of phenols is 1. The van der Waals surface area contributed by atoms with E-state index in [4.69, 9.17) is 0 Å². The van der Waals surface area contributed by atoms with E-state index in [1.165, 1.54) is 4.80 Å². The molecule has 0 amide bonds. The number of aliphatic hydroxyl groups excluding tert-OH is 1. The van der Waals surface area contributed by atoms with Gasteiger partial charge in [0.2, 0.25) is 0 Å². The second-order valence-electron chi connectivity index (χ2n) is 6.40. The van der Waals surface area contributed by atoms with Crippen molar-refractivity contribution in [2.75, 3.05) is 0 Å². The van der Waals surface area contributed by atoms with Crippen LogP contribution in [0.3, 0.4) is 0 Å². The lowest BCUT2D eigenvalue weighted by Gasteiger charge is -2.22. The molecule has 2 N–H and O–H groups in total. The molecule has 0 bridgehead atoms. The van der Waals surface area contributed by atoms with Crippen LogP contribution in [0.4, 0.5) is 0 Å². The molecular formula is C17H19N3O2. The summed E-state index contributed by atoms with van der Waals surface area (Å²) in [7, 11) is 0. The summed E-state index contributed by atoms with van der Waals surface area (Å²) in [6.45, 7) is 5.94. The molecular weight excluding hydrogens is 278 g/mol. The number of hydrogen-bond acceptors (Lipinski definition) is 4. The Morgan fingerprint density at radius 2 is 1.64 bits per heavy atom. The molecule has 0 spiro atoms. The highest BCUT2D eigenvalue weighted by Gasteiger charge is 2.23. The van der Waals surface area contributed by atoms with Crippen LogP contribution in [0.15, 0.2) is 36.4 Å². The van der Waals surface area contributed by atoms with E-state index in [-0.39, 0.29) is 17.8 Å². The van der Waals surface area contributed by atoms with Gasteiger partial charge >= 0.3 is 0 Å². The standard InChI is InChI=1S/C17H19N3O2/c1-17(2,3)12-8-11(10-21)9-15(16(12)22)20-18-13-6-4-5-7-14(13)19-20/h4-9,21-22H,10H2,1-3H3. The normalized spacial score (nSPS) is 12.0. The fourth-order valence-corrected chi connectivity index (χ4v) is 2.46. The Kier molecular flexibility index (Phi) is 3.37. The van der Waals surface area contributed by atoms with Gasteiger partial charge in [0, 0.05) is 5.56 Å². The summed E-state index contributed by atoms with van der Waals surface area (Å²) in [5.41, 5.74) is 3.22. The van der Waals surface area contributed by atoms with E-state index in [1.807, 2.05) is 51.1 Å². The minimum Gasteiger partial charge on any atom is -0.505 e. The maximum absolute atomic E-state index is 10.6. The number of aliphatic hydroxyl groups is 1. The van der Waals surface area contributed by atoms with Gasteiger partial charge in [0.1, 0.15) is 22.5 Å². The van der Waals surface area contributed by atoms with E-state index in [1.54, 1.807) is 6.07 Å². The Morgan fingerprint density at radius 1 is 1.05 bits per heavy atom. The van der Waals surface area contributed by atoms with Crippen molar-refractivity contribution in [1.29, 1.82) is 0 Å². The van der Waals surface area contributed by atoms with E-state index >= 15 is 0 Å². The van der Waals surface area contributed by atoms with Gasteiger partial charge in [0.15, 0.2) is 0 Å². The van der Waals surface area contributed by atoms with Gasteiger partial charge in [-0.05, 0) is 35.2 Å². The molecule has 114 valence electrons. The summed E-state index contributed by atoms with van der Waals surface area (Å²) in [6, 6.07) is 11.1. The Hall–Kier alpha value is -2.40. The molecule has 3 rings (SSSR count). The molecule has 0 saturated carbocycles. The Balaban J connectivity index is 2.25. The number of fused-ring (bicyclic) bond motifs is 1. The Morgan fingerprint density at radius 3 is 2.14 bits per heavy atom. The smallest absolute Gasteiger partial charge is 0.146 e. The van der Waals surface area contributed by atoms with Gasteiger partial charge < -0.3 is 10.2 Å². The van der Waals surface area contributed by atoms with E-state index in [2.05, 4.69) is 10.2 Å². The zero-order valence-electron chi connectivity index (χ0n) is 12.9. The molecule has 0 aliphatic heterocycles. The van der Waals surface area contributed by atoms with Crippen LogP contribution in [0.25, 0.3) is 16.7 Å². The lowest BCUT2D eigenvalue weighted by molar-refractivity contribution is 0.281. The maximum Gasteiger partial charge on any atom is 0.146 e. The molecule has 0 fully saturated rings. The number of phenolic OH excluding ortho intramolecular Hbond substituents is 1. The molecule has 3 aromatic rings. The number of aromatic hydroxyl groups is 1. The topological polar surface area (TPSA) is 71.2 Å². The molecule has 5 nitrogen and oxygen atoms in total. The second-order valence-corrected chi connectivity index (χ2v) is 6.40. The summed E-state index contributed by atoms with van der Waals surface area (Å²) in [5.74, 6) is 0.144. The van der Waals surface area contributed by atoms with Crippen molar-refractivity contribution in [3.8, 4) is 11.4 Å². The highest BCUT2D eigenvalue weighted by molar-refractivity contribution is 5.73. The predicted octanol–water partition coefficient (Wildman–Crippen LogP) is 2.92. The van der Waals surface area contributed by atoms with Crippen LogP contribution in [0.5, 0.6) is 5.75 Å². The van der Waals surface area contributed by atoms with Gasteiger partial charge in [-0.3, -0.25) is 0 Å². The lowest BCUT2D eigenvalue weighted by Crippen LogP contribution is -2.14. The van der Waals surface area contributed by atoms with E-state index in [0.717, 1.165) is 22.2 Å². The van der Waals surface area contributed by atoms with Gasteiger partial charge in [-0.1, -0.05) is 32.9 Å². The molecule has 5 heteroatoms. The zero-order valence-corrected chi connectivity index (χ0v) is 12.9. The van der Waals surface area contributed by atoms with Crippen molar-refractivity contribution >= 4 is 11.0 Å². The highest BCUT2D eigenvalue weighted by Crippen LogP contribution is 2.36. The number of benzene rings is 2. The first-order valence-corrected chi connectivity index (χ1v) is 7.20. The largest absolute Gasteiger partial charge is 0.505 e. The van der Waals surface area contributed by atoms with Crippen LogP contribution in [-0.2, 0) is 12.0 Å². The van der Waals surface area contributed by atoms with E-state index < -0.39 is 0 Å². The van der Waals surface area contributed by atoms with Crippen LogP contribution in [0.1, 0.15) is 31.9 Å². The molecule has 2 aromatic carbocycles. The average Bonchev–Trinajstić information content (AvgIpc) is 2.90. The molecule has 1 aromatic heterocycles. The third-order valence-corrected chi connectivity index (χ3v) is 3.64. The summed E-state index contributed by atoms with van der Waals surface area (Å²) < 4.78 is 0. The van der Waals surface area contributed by atoms with Crippen molar-refractivity contribution in [3.63, 3.8) is 0 Å². The van der Waals surface area contributed by atoms with Crippen molar-refractivity contribution in [3.05, 3.63) is 47.5 Å². The lowest BCUT2D eigenvalue weighted by atomic mass is 9.85. The quantitative estimate of drug-likeness (QED) is 0.763. The SMILES string of the molecule is CC(C)(C)c1cc(CO)cc(-n2nc3ccccc3n2)c1O.